The molecular formula is C25H22F3N7O2. The van der Waals surface area contributed by atoms with Crippen molar-refractivity contribution in [1.82, 2.24) is 29.5 Å². The van der Waals surface area contributed by atoms with Crippen molar-refractivity contribution in [3.8, 4) is 17.0 Å². The van der Waals surface area contributed by atoms with Crippen LogP contribution in [0.5, 0.6) is 5.88 Å². The summed E-state index contributed by atoms with van der Waals surface area (Å²) in [6.45, 7) is 1.20. The molecule has 3 aromatic heterocycles. The second-order valence-corrected chi connectivity index (χ2v) is 8.60. The molecule has 0 aliphatic rings. The molecule has 0 unspecified atom stereocenters. The van der Waals surface area contributed by atoms with E-state index in [2.05, 4.69) is 25.4 Å². The fraction of sp³-hybridized carbons (Fsp3) is 0.200. The SMILES string of the molecule is CN(C)CCOc1ccc2nc(C(=O)Nc3nc4ccc(-c5cccc(C(F)(F)F)c5)cc4[nH]3)cn2n1. The van der Waals surface area contributed by atoms with Gasteiger partial charge >= 0.3 is 6.18 Å². The number of ether oxygens (including phenoxy) is 1. The molecule has 0 aliphatic carbocycles. The van der Waals surface area contributed by atoms with Crippen LogP contribution in [-0.4, -0.2) is 62.6 Å². The summed E-state index contributed by atoms with van der Waals surface area (Å²) in [7, 11) is 3.88. The van der Waals surface area contributed by atoms with E-state index in [-0.39, 0.29) is 11.6 Å². The third-order valence-electron chi connectivity index (χ3n) is 5.55. The molecule has 9 nitrogen and oxygen atoms in total. The zero-order valence-electron chi connectivity index (χ0n) is 19.9. The summed E-state index contributed by atoms with van der Waals surface area (Å²) in [5.41, 5.74) is 1.97. The number of halogens is 3. The number of benzene rings is 2. The minimum absolute atomic E-state index is 0.128. The van der Waals surface area contributed by atoms with Gasteiger partial charge in [-0.2, -0.15) is 13.2 Å². The molecule has 12 heteroatoms. The van der Waals surface area contributed by atoms with Crippen LogP contribution in [0.2, 0.25) is 0 Å². The van der Waals surface area contributed by atoms with Crippen molar-refractivity contribution in [2.45, 2.75) is 6.18 Å². The van der Waals surface area contributed by atoms with Crippen LogP contribution >= 0.6 is 0 Å². The lowest BCUT2D eigenvalue weighted by molar-refractivity contribution is -0.137. The van der Waals surface area contributed by atoms with Crippen molar-refractivity contribution in [1.29, 1.82) is 0 Å². The minimum atomic E-state index is -4.43. The Morgan fingerprint density at radius 1 is 1.08 bits per heavy atom. The first-order valence-corrected chi connectivity index (χ1v) is 11.3. The number of nitrogens with one attached hydrogen (secondary N) is 2. The van der Waals surface area contributed by atoms with E-state index in [1.807, 2.05) is 19.0 Å². The number of carbonyl (C=O) groups is 1. The number of amides is 1. The zero-order chi connectivity index (χ0) is 26.2. The Morgan fingerprint density at radius 3 is 2.68 bits per heavy atom. The zero-order valence-corrected chi connectivity index (χ0v) is 19.9. The fourth-order valence-corrected chi connectivity index (χ4v) is 3.68. The van der Waals surface area contributed by atoms with Gasteiger partial charge < -0.3 is 14.6 Å². The van der Waals surface area contributed by atoms with Gasteiger partial charge in [0.05, 0.1) is 22.8 Å². The summed E-state index contributed by atoms with van der Waals surface area (Å²) in [5, 5.41) is 6.98. The third kappa shape index (κ3) is 5.38. The number of rotatable bonds is 7. The molecule has 5 rings (SSSR count). The molecule has 3 heterocycles. The van der Waals surface area contributed by atoms with Crippen LogP contribution in [0.3, 0.4) is 0 Å². The first kappa shape index (κ1) is 24.3. The van der Waals surface area contributed by atoms with Gasteiger partial charge in [0.25, 0.3) is 5.91 Å². The largest absolute Gasteiger partial charge is 0.475 e. The number of fused-ring (bicyclic) bond motifs is 2. The lowest BCUT2D eigenvalue weighted by Crippen LogP contribution is -2.19. The number of anilines is 1. The van der Waals surface area contributed by atoms with E-state index in [1.54, 1.807) is 36.4 Å². The highest BCUT2D eigenvalue weighted by Gasteiger charge is 2.30. The minimum Gasteiger partial charge on any atom is -0.475 e. The fourth-order valence-electron chi connectivity index (χ4n) is 3.68. The molecule has 0 saturated carbocycles. The maximum atomic E-state index is 13.1. The molecule has 5 aromatic rings. The molecule has 0 saturated heterocycles. The first-order chi connectivity index (χ1) is 17.7. The molecule has 1 amide bonds. The number of likely N-dealkylation sites (N-methyl/N-ethyl adjacent to an activating group) is 1. The molecule has 37 heavy (non-hydrogen) atoms. The van der Waals surface area contributed by atoms with Crippen molar-refractivity contribution in [2.75, 3.05) is 32.6 Å². The molecule has 2 aromatic carbocycles. The number of aromatic nitrogens is 5. The quantitative estimate of drug-likeness (QED) is 0.336. The van der Waals surface area contributed by atoms with Gasteiger partial charge in [0.15, 0.2) is 5.65 Å². The monoisotopic (exact) mass is 509 g/mol. The van der Waals surface area contributed by atoms with Gasteiger partial charge in [0, 0.05) is 12.6 Å². The smallest absolute Gasteiger partial charge is 0.416 e. The Kier molecular flexibility index (Phi) is 6.25. The van der Waals surface area contributed by atoms with Gasteiger partial charge in [0.2, 0.25) is 11.8 Å². The number of alkyl halides is 3. The number of hydrogen-bond donors (Lipinski definition) is 2. The van der Waals surface area contributed by atoms with Crippen LogP contribution in [0, 0.1) is 0 Å². The molecule has 0 fully saturated rings. The van der Waals surface area contributed by atoms with Crippen molar-refractivity contribution in [3.63, 3.8) is 0 Å². The Hall–Kier alpha value is -4.45. The number of nitrogens with zero attached hydrogens (tertiary/aromatic N) is 5. The standard InChI is InChI=1S/C25H22F3N7O2/c1-34(2)10-11-37-22-9-8-21-29-20(14-35(21)33-22)23(36)32-24-30-18-7-6-16(13-19(18)31-24)15-4-3-5-17(12-15)25(26,27)28/h3-9,12-14H,10-11H2,1-2H3,(H2,30,31,32,36). The van der Waals surface area contributed by atoms with Crippen molar-refractivity contribution in [2.24, 2.45) is 0 Å². The Balaban J connectivity index is 1.33. The highest BCUT2D eigenvalue weighted by Crippen LogP contribution is 2.33. The summed E-state index contributed by atoms with van der Waals surface area (Å²) in [6.07, 6.45) is -2.95. The Bertz CT molecular complexity index is 1590. The summed E-state index contributed by atoms with van der Waals surface area (Å²) >= 11 is 0. The third-order valence-corrected chi connectivity index (χ3v) is 5.55. The van der Waals surface area contributed by atoms with Crippen LogP contribution in [0.1, 0.15) is 16.1 Å². The van der Waals surface area contributed by atoms with Gasteiger partial charge in [-0.3, -0.25) is 10.1 Å². The van der Waals surface area contributed by atoms with E-state index in [0.717, 1.165) is 18.7 Å². The summed E-state index contributed by atoms with van der Waals surface area (Å²) in [4.78, 5) is 26.4. The van der Waals surface area contributed by atoms with Crippen LogP contribution < -0.4 is 10.1 Å². The summed E-state index contributed by atoms with van der Waals surface area (Å²) < 4.78 is 46.3. The molecular weight excluding hydrogens is 487 g/mol. The lowest BCUT2D eigenvalue weighted by Gasteiger charge is -2.10. The molecule has 190 valence electrons. The number of imidazole rings is 2. The van der Waals surface area contributed by atoms with E-state index in [1.165, 1.54) is 16.8 Å². The highest BCUT2D eigenvalue weighted by atomic mass is 19.4. The molecule has 0 atom stereocenters. The molecule has 0 radical (unpaired) electrons. The Labute approximate surface area is 208 Å². The Morgan fingerprint density at radius 2 is 1.89 bits per heavy atom. The summed E-state index contributed by atoms with van der Waals surface area (Å²) in [5.74, 6) is 0.0872. The molecule has 0 spiro atoms. The van der Waals surface area contributed by atoms with Crippen LogP contribution in [-0.2, 0) is 6.18 Å². The van der Waals surface area contributed by atoms with E-state index >= 15 is 0 Å². The maximum absolute atomic E-state index is 13.1. The topological polar surface area (TPSA) is 100 Å². The van der Waals surface area contributed by atoms with Crippen molar-refractivity contribution < 1.29 is 22.7 Å². The average molecular weight is 509 g/mol. The number of H-pyrrole nitrogens is 1. The second-order valence-electron chi connectivity index (χ2n) is 8.60. The predicted molar refractivity (Wildman–Crippen MR) is 132 cm³/mol. The van der Waals surface area contributed by atoms with E-state index in [0.29, 0.717) is 40.3 Å². The molecule has 0 bridgehead atoms. The van der Waals surface area contributed by atoms with Crippen molar-refractivity contribution >= 4 is 28.5 Å². The highest BCUT2D eigenvalue weighted by molar-refractivity contribution is 6.03. The van der Waals surface area contributed by atoms with Crippen LogP contribution in [0.15, 0.2) is 60.8 Å². The van der Waals surface area contributed by atoms with Gasteiger partial charge in [-0.1, -0.05) is 18.2 Å². The van der Waals surface area contributed by atoms with Crippen molar-refractivity contribution in [3.05, 3.63) is 72.1 Å². The van der Waals surface area contributed by atoms with Gasteiger partial charge in [0.1, 0.15) is 12.3 Å². The van der Waals surface area contributed by atoms with Gasteiger partial charge in [-0.15, -0.1) is 5.10 Å². The summed E-state index contributed by atoms with van der Waals surface area (Å²) in [6, 6.07) is 13.5. The normalized spacial score (nSPS) is 11.9. The first-order valence-electron chi connectivity index (χ1n) is 11.3. The number of carbonyl (C=O) groups excluding carboxylic acids is 1. The van der Waals surface area contributed by atoms with Crippen LogP contribution in [0.4, 0.5) is 19.1 Å². The van der Waals surface area contributed by atoms with E-state index in [9.17, 15) is 18.0 Å². The number of hydrogen-bond acceptors (Lipinski definition) is 6. The second kappa shape index (κ2) is 9.54. The van der Waals surface area contributed by atoms with Crippen LogP contribution in [0.25, 0.3) is 27.8 Å². The lowest BCUT2D eigenvalue weighted by atomic mass is 10.0. The molecule has 0 aliphatic heterocycles. The van der Waals surface area contributed by atoms with E-state index < -0.39 is 17.6 Å². The maximum Gasteiger partial charge on any atom is 0.416 e. The van der Waals surface area contributed by atoms with Gasteiger partial charge in [-0.05, 0) is 55.6 Å². The average Bonchev–Trinajstić information content (AvgIpc) is 3.46. The molecule has 2 N–H and O–H groups in total. The number of aromatic amines is 1. The van der Waals surface area contributed by atoms with Gasteiger partial charge in [-0.25, -0.2) is 14.5 Å². The van der Waals surface area contributed by atoms with E-state index in [4.69, 9.17) is 4.74 Å². The predicted octanol–water partition coefficient (Wildman–Crippen LogP) is 4.48.